The average molecular weight is 274 g/mol. The molecule has 2 aromatic rings. The van der Waals surface area contributed by atoms with E-state index in [1.54, 1.807) is 4.90 Å². The molecular formula is C18H14N2O. The van der Waals surface area contributed by atoms with Crippen LogP contribution in [-0.4, -0.2) is 19.0 Å². The van der Waals surface area contributed by atoms with Crippen molar-refractivity contribution in [3.8, 4) is 12.3 Å². The van der Waals surface area contributed by atoms with Crippen molar-refractivity contribution in [1.29, 1.82) is 0 Å². The SMILES string of the molecule is C#CCN1C(=O)c2cccc3c2N(CC3)c2ccccc21. The molecule has 0 N–H and O–H groups in total. The van der Waals surface area contributed by atoms with Crippen molar-refractivity contribution in [2.24, 2.45) is 0 Å². The molecule has 0 atom stereocenters. The van der Waals surface area contributed by atoms with Crippen molar-refractivity contribution in [2.45, 2.75) is 6.42 Å². The van der Waals surface area contributed by atoms with Crippen LogP contribution in [0.1, 0.15) is 15.9 Å². The number of para-hydroxylation sites is 3. The number of nitrogens with zero attached hydrogens (tertiary/aromatic N) is 2. The summed E-state index contributed by atoms with van der Waals surface area (Å²) in [5, 5.41) is 0. The molecule has 0 aliphatic carbocycles. The van der Waals surface area contributed by atoms with E-state index in [9.17, 15) is 4.79 Å². The molecule has 3 nitrogen and oxygen atoms in total. The Hall–Kier alpha value is -2.73. The summed E-state index contributed by atoms with van der Waals surface area (Å²) in [6, 6.07) is 13.9. The number of fused-ring (bicyclic) bond motifs is 2. The van der Waals surface area contributed by atoms with E-state index in [1.807, 2.05) is 30.3 Å². The number of rotatable bonds is 1. The molecule has 0 bridgehead atoms. The van der Waals surface area contributed by atoms with Crippen LogP contribution in [0.4, 0.5) is 17.1 Å². The van der Waals surface area contributed by atoms with E-state index in [0.29, 0.717) is 0 Å². The summed E-state index contributed by atoms with van der Waals surface area (Å²) in [7, 11) is 0. The number of carbonyl (C=O) groups is 1. The van der Waals surface area contributed by atoms with Gasteiger partial charge in [0.05, 0.1) is 29.2 Å². The topological polar surface area (TPSA) is 23.6 Å². The summed E-state index contributed by atoms with van der Waals surface area (Å²) in [4.78, 5) is 16.9. The van der Waals surface area contributed by atoms with Crippen molar-refractivity contribution in [3.05, 3.63) is 53.6 Å². The number of carbonyl (C=O) groups excluding carboxylic acids is 1. The molecule has 21 heavy (non-hydrogen) atoms. The number of amides is 1. The number of hydrogen-bond acceptors (Lipinski definition) is 2. The number of hydrogen-bond donors (Lipinski definition) is 0. The lowest BCUT2D eigenvalue weighted by molar-refractivity contribution is 0.0991. The molecule has 0 fully saturated rings. The van der Waals surface area contributed by atoms with Crippen LogP contribution in [0.2, 0.25) is 0 Å². The van der Waals surface area contributed by atoms with Gasteiger partial charge in [0.2, 0.25) is 0 Å². The zero-order chi connectivity index (χ0) is 14.4. The number of anilines is 3. The standard InChI is InChI=1S/C18H14N2O/c1-2-11-20-16-9-4-3-8-15(16)19-12-10-13-6-5-7-14(17(13)19)18(20)21/h1,3-9H,10-12H2. The first-order valence-electron chi connectivity index (χ1n) is 7.05. The van der Waals surface area contributed by atoms with Crippen molar-refractivity contribution in [2.75, 3.05) is 22.9 Å². The first-order chi connectivity index (χ1) is 10.3. The molecule has 0 spiro atoms. The first kappa shape index (κ1) is 12.0. The minimum Gasteiger partial charge on any atom is -0.339 e. The van der Waals surface area contributed by atoms with Crippen LogP contribution in [0.25, 0.3) is 0 Å². The Morgan fingerprint density at radius 3 is 2.71 bits per heavy atom. The second-order valence-corrected chi connectivity index (χ2v) is 5.30. The largest absolute Gasteiger partial charge is 0.339 e. The lowest BCUT2D eigenvalue weighted by Crippen LogP contribution is -2.30. The molecule has 2 heterocycles. The van der Waals surface area contributed by atoms with E-state index in [2.05, 4.69) is 23.0 Å². The van der Waals surface area contributed by atoms with Crippen LogP contribution < -0.4 is 9.80 Å². The van der Waals surface area contributed by atoms with Gasteiger partial charge < -0.3 is 4.90 Å². The van der Waals surface area contributed by atoms with Gasteiger partial charge >= 0.3 is 0 Å². The van der Waals surface area contributed by atoms with Gasteiger partial charge in [-0.05, 0) is 30.2 Å². The Morgan fingerprint density at radius 1 is 1.10 bits per heavy atom. The lowest BCUT2D eigenvalue weighted by Gasteiger charge is -2.23. The summed E-state index contributed by atoms with van der Waals surface area (Å²) in [5.74, 6) is 2.59. The minimum absolute atomic E-state index is 0.0124. The van der Waals surface area contributed by atoms with Crippen molar-refractivity contribution in [1.82, 2.24) is 0 Å². The van der Waals surface area contributed by atoms with Crippen LogP contribution in [0, 0.1) is 12.3 Å². The molecule has 1 amide bonds. The predicted molar refractivity (Wildman–Crippen MR) is 84.1 cm³/mol. The highest BCUT2D eigenvalue weighted by molar-refractivity contribution is 6.15. The highest BCUT2D eigenvalue weighted by Gasteiger charge is 2.34. The molecule has 0 radical (unpaired) electrons. The molecule has 2 aliphatic heterocycles. The van der Waals surface area contributed by atoms with Crippen molar-refractivity contribution >= 4 is 23.0 Å². The van der Waals surface area contributed by atoms with Crippen LogP contribution >= 0.6 is 0 Å². The second-order valence-electron chi connectivity index (χ2n) is 5.30. The molecule has 3 heteroatoms. The third-order valence-corrected chi connectivity index (χ3v) is 4.18. The van der Waals surface area contributed by atoms with E-state index in [-0.39, 0.29) is 12.5 Å². The third-order valence-electron chi connectivity index (χ3n) is 4.18. The summed E-state index contributed by atoms with van der Waals surface area (Å²) in [6.07, 6.45) is 6.44. The summed E-state index contributed by atoms with van der Waals surface area (Å²) >= 11 is 0. The Balaban J connectivity index is 2.03. The fraction of sp³-hybridized carbons (Fsp3) is 0.167. The van der Waals surface area contributed by atoms with Gasteiger partial charge in [0, 0.05) is 6.54 Å². The maximum atomic E-state index is 12.9. The molecular weight excluding hydrogens is 260 g/mol. The molecule has 0 unspecified atom stereocenters. The minimum atomic E-state index is -0.0124. The maximum Gasteiger partial charge on any atom is 0.261 e. The fourth-order valence-electron chi connectivity index (χ4n) is 3.29. The monoisotopic (exact) mass is 274 g/mol. The smallest absolute Gasteiger partial charge is 0.261 e. The Labute approximate surface area is 123 Å². The summed E-state index contributed by atoms with van der Waals surface area (Å²) < 4.78 is 0. The maximum absolute atomic E-state index is 12.9. The Morgan fingerprint density at radius 2 is 1.90 bits per heavy atom. The van der Waals surface area contributed by atoms with Gasteiger partial charge in [-0.15, -0.1) is 6.42 Å². The van der Waals surface area contributed by atoms with Crippen LogP contribution in [0.3, 0.4) is 0 Å². The van der Waals surface area contributed by atoms with E-state index < -0.39 is 0 Å². The fourth-order valence-corrected chi connectivity index (χ4v) is 3.29. The van der Waals surface area contributed by atoms with Crippen LogP contribution in [0.15, 0.2) is 42.5 Å². The Kier molecular flexibility index (Phi) is 2.52. The predicted octanol–water partition coefficient (Wildman–Crippen LogP) is 2.97. The molecule has 0 saturated heterocycles. The van der Waals surface area contributed by atoms with Gasteiger partial charge in [-0.2, -0.15) is 0 Å². The van der Waals surface area contributed by atoms with Crippen LogP contribution in [-0.2, 0) is 6.42 Å². The molecule has 0 saturated carbocycles. The van der Waals surface area contributed by atoms with Crippen molar-refractivity contribution < 1.29 is 4.79 Å². The van der Waals surface area contributed by atoms with Gasteiger partial charge in [-0.1, -0.05) is 30.2 Å². The van der Waals surface area contributed by atoms with E-state index in [1.165, 1.54) is 5.56 Å². The molecule has 0 aromatic heterocycles. The number of benzene rings is 2. The quantitative estimate of drug-likeness (QED) is 0.746. The lowest BCUT2D eigenvalue weighted by atomic mass is 10.1. The van der Waals surface area contributed by atoms with Gasteiger partial charge in [-0.3, -0.25) is 9.69 Å². The van der Waals surface area contributed by atoms with Gasteiger partial charge in [-0.25, -0.2) is 0 Å². The number of terminal acetylenes is 1. The van der Waals surface area contributed by atoms with E-state index >= 15 is 0 Å². The highest BCUT2D eigenvalue weighted by Crippen LogP contribution is 2.44. The van der Waals surface area contributed by atoms with E-state index in [4.69, 9.17) is 6.42 Å². The average Bonchev–Trinajstić information content (AvgIpc) is 2.92. The Bertz CT molecular complexity index is 788. The zero-order valence-corrected chi connectivity index (χ0v) is 11.5. The molecule has 4 rings (SSSR count). The second kappa shape index (κ2) is 4.39. The van der Waals surface area contributed by atoms with Crippen LogP contribution in [0.5, 0.6) is 0 Å². The summed E-state index contributed by atoms with van der Waals surface area (Å²) in [6.45, 7) is 1.19. The van der Waals surface area contributed by atoms with Gasteiger partial charge in [0.1, 0.15) is 0 Å². The van der Waals surface area contributed by atoms with Crippen molar-refractivity contribution in [3.63, 3.8) is 0 Å². The molecule has 102 valence electrons. The third kappa shape index (κ3) is 1.59. The van der Waals surface area contributed by atoms with E-state index in [0.717, 1.165) is 35.6 Å². The molecule has 2 aromatic carbocycles. The normalized spacial score (nSPS) is 15.3. The zero-order valence-electron chi connectivity index (χ0n) is 11.5. The highest BCUT2D eigenvalue weighted by atomic mass is 16.2. The first-order valence-corrected chi connectivity index (χ1v) is 7.05. The molecule has 2 aliphatic rings. The van der Waals surface area contributed by atoms with Gasteiger partial charge in [0.15, 0.2) is 0 Å². The summed E-state index contributed by atoms with van der Waals surface area (Å²) in [5.41, 5.74) is 4.98. The van der Waals surface area contributed by atoms with Gasteiger partial charge in [0.25, 0.3) is 5.91 Å².